The molecule has 0 aromatic rings. The van der Waals surface area contributed by atoms with Crippen molar-refractivity contribution in [1.82, 2.24) is 0 Å². The van der Waals surface area contributed by atoms with Gasteiger partial charge in [-0.3, -0.25) is 4.79 Å². The van der Waals surface area contributed by atoms with Gasteiger partial charge in [0.1, 0.15) is 6.61 Å². The lowest BCUT2D eigenvalue weighted by Gasteiger charge is -2.55. The molecule has 158 valence electrons. The zero-order valence-corrected chi connectivity index (χ0v) is 14.9. The van der Waals surface area contributed by atoms with Crippen molar-refractivity contribution in [2.75, 3.05) is 6.61 Å². The first-order valence-corrected chi connectivity index (χ1v) is 8.99. The predicted octanol–water partition coefficient (Wildman–Crippen LogP) is 4.34. The minimum absolute atomic E-state index is 0.436. The average Bonchev–Trinajstić information content (AvgIpc) is 2.53. The summed E-state index contributed by atoms with van der Waals surface area (Å²) in [7, 11) is 0. The van der Waals surface area contributed by atoms with Gasteiger partial charge in [-0.2, -0.15) is 26.3 Å². The number of ether oxygens (including phenoxy) is 2. The van der Waals surface area contributed by atoms with Gasteiger partial charge in [-0.1, -0.05) is 6.58 Å². The molecule has 0 saturated heterocycles. The number of rotatable bonds is 5. The molecule has 0 amide bonds. The van der Waals surface area contributed by atoms with Crippen molar-refractivity contribution in [3.8, 4) is 0 Å². The van der Waals surface area contributed by atoms with Gasteiger partial charge in [0.15, 0.2) is 0 Å². The molecule has 0 aromatic carbocycles. The first-order chi connectivity index (χ1) is 12.8. The van der Waals surface area contributed by atoms with Gasteiger partial charge in [-0.25, -0.2) is 4.79 Å². The number of hydrogen-bond acceptors (Lipinski definition) is 4. The lowest BCUT2D eigenvalue weighted by molar-refractivity contribution is -0.312. The summed E-state index contributed by atoms with van der Waals surface area (Å²) in [4.78, 5) is 24.2. The summed E-state index contributed by atoms with van der Waals surface area (Å²) in [6, 6.07) is 0. The van der Waals surface area contributed by atoms with Crippen molar-refractivity contribution < 1.29 is 45.4 Å². The zero-order chi connectivity index (χ0) is 20.9. The molecular formula is C18H20F6O4. The van der Waals surface area contributed by atoms with Crippen molar-refractivity contribution in [1.29, 1.82) is 0 Å². The van der Waals surface area contributed by atoms with Crippen molar-refractivity contribution in [3.63, 3.8) is 0 Å². The second-order valence-electron chi connectivity index (χ2n) is 8.25. The van der Waals surface area contributed by atoms with Crippen LogP contribution in [0.1, 0.15) is 38.5 Å². The van der Waals surface area contributed by atoms with Gasteiger partial charge in [-0.15, -0.1) is 0 Å². The van der Waals surface area contributed by atoms with Crippen molar-refractivity contribution >= 4 is 11.9 Å². The summed E-state index contributed by atoms with van der Waals surface area (Å²) in [6.45, 7) is 2.30. The molecule has 0 heterocycles. The SMILES string of the molecule is C=C(COC(=O)C12CC3CC(CC(C3)C1)C2)C(=O)OC(C(F)(F)F)C(F)(F)F. The summed E-state index contributed by atoms with van der Waals surface area (Å²) in [5, 5.41) is 0. The molecule has 4 aliphatic rings. The van der Waals surface area contributed by atoms with E-state index in [1.807, 2.05) is 0 Å². The number of esters is 2. The molecule has 0 radical (unpaired) electrons. The number of carbonyl (C=O) groups excluding carboxylic acids is 2. The topological polar surface area (TPSA) is 52.6 Å². The number of alkyl halides is 6. The van der Waals surface area contributed by atoms with Crippen LogP contribution in [0.4, 0.5) is 26.3 Å². The highest BCUT2D eigenvalue weighted by Crippen LogP contribution is 2.60. The lowest BCUT2D eigenvalue weighted by Crippen LogP contribution is -2.50. The lowest BCUT2D eigenvalue weighted by atomic mass is 9.49. The fraction of sp³-hybridized carbons (Fsp3) is 0.778. The quantitative estimate of drug-likeness (QED) is 0.382. The maximum Gasteiger partial charge on any atom is 0.434 e. The number of halogens is 6. The van der Waals surface area contributed by atoms with Gasteiger partial charge in [0.05, 0.1) is 11.0 Å². The molecule has 28 heavy (non-hydrogen) atoms. The van der Waals surface area contributed by atoms with E-state index < -0.39 is 48.0 Å². The van der Waals surface area contributed by atoms with Crippen LogP contribution in [0.3, 0.4) is 0 Å². The maximum absolute atomic E-state index is 12.6. The zero-order valence-electron chi connectivity index (χ0n) is 14.9. The second-order valence-corrected chi connectivity index (χ2v) is 8.25. The Labute approximate surface area is 157 Å². The van der Waals surface area contributed by atoms with Gasteiger partial charge in [0.25, 0.3) is 6.10 Å². The molecule has 0 atom stereocenters. The summed E-state index contributed by atoms with van der Waals surface area (Å²) in [6.07, 6.45) is -10.7. The summed E-state index contributed by atoms with van der Waals surface area (Å²) < 4.78 is 83.4. The Balaban J connectivity index is 1.56. The van der Waals surface area contributed by atoms with Gasteiger partial charge < -0.3 is 9.47 Å². The third-order valence-corrected chi connectivity index (χ3v) is 5.96. The minimum atomic E-state index is -5.82. The largest absolute Gasteiger partial charge is 0.460 e. The molecule has 0 N–H and O–H groups in total. The molecule has 0 aromatic heterocycles. The Kier molecular flexibility index (Phi) is 5.21. The van der Waals surface area contributed by atoms with Crippen LogP contribution in [-0.4, -0.2) is 37.0 Å². The van der Waals surface area contributed by atoms with Crippen molar-refractivity contribution in [2.45, 2.75) is 57.0 Å². The Morgan fingerprint density at radius 3 is 1.75 bits per heavy atom. The molecule has 4 nitrogen and oxygen atoms in total. The van der Waals surface area contributed by atoms with Gasteiger partial charge >= 0.3 is 24.3 Å². The standard InChI is InChI=1S/C18H20F6O4/c1-9(13(25)28-14(17(19,20)21)18(22,23)24)8-27-15(26)16-5-10-2-11(6-16)4-12(3-10)7-16/h10-12,14H,1-8H2. The van der Waals surface area contributed by atoms with Crippen LogP contribution in [0.5, 0.6) is 0 Å². The summed E-state index contributed by atoms with van der Waals surface area (Å²) in [5.41, 5.74) is -1.45. The molecule has 4 fully saturated rings. The Morgan fingerprint density at radius 2 is 1.36 bits per heavy atom. The smallest absolute Gasteiger partial charge is 0.434 e. The Bertz CT molecular complexity index is 617. The third-order valence-electron chi connectivity index (χ3n) is 5.96. The van der Waals surface area contributed by atoms with Crippen LogP contribution in [0.15, 0.2) is 12.2 Å². The van der Waals surface area contributed by atoms with E-state index in [4.69, 9.17) is 4.74 Å². The van der Waals surface area contributed by atoms with Crippen molar-refractivity contribution in [3.05, 3.63) is 12.2 Å². The summed E-state index contributed by atoms with van der Waals surface area (Å²) in [5.74, 6) is -1.16. The van der Waals surface area contributed by atoms with E-state index in [2.05, 4.69) is 11.3 Å². The second kappa shape index (κ2) is 6.95. The van der Waals surface area contributed by atoms with Crippen LogP contribution >= 0.6 is 0 Å². The fourth-order valence-electron chi connectivity index (χ4n) is 5.23. The van der Waals surface area contributed by atoms with E-state index >= 15 is 0 Å². The molecule has 4 bridgehead atoms. The molecule has 10 heteroatoms. The van der Waals surface area contributed by atoms with Crippen LogP contribution in [0.25, 0.3) is 0 Å². The molecule has 4 aliphatic carbocycles. The maximum atomic E-state index is 12.6. The van der Waals surface area contributed by atoms with E-state index in [0.29, 0.717) is 37.0 Å². The third kappa shape index (κ3) is 4.15. The molecule has 0 spiro atoms. The Hall–Kier alpha value is -1.74. The van der Waals surface area contributed by atoms with Crippen molar-refractivity contribution in [2.24, 2.45) is 23.2 Å². The van der Waals surface area contributed by atoms with Gasteiger partial charge in [0, 0.05) is 0 Å². The molecule has 0 aliphatic heterocycles. The molecule has 4 saturated carbocycles. The van der Waals surface area contributed by atoms with Crippen LogP contribution in [0, 0.1) is 23.2 Å². The first kappa shape index (κ1) is 21.0. The summed E-state index contributed by atoms with van der Waals surface area (Å²) >= 11 is 0. The van der Waals surface area contributed by atoms with Gasteiger partial charge in [0.2, 0.25) is 0 Å². The molecule has 0 unspecified atom stereocenters. The van der Waals surface area contributed by atoms with Gasteiger partial charge in [-0.05, 0) is 56.3 Å². The minimum Gasteiger partial charge on any atom is -0.460 e. The normalized spacial score (nSPS) is 31.8. The molecular weight excluding hydrogens is 394 g/mol. The van der Waals surface area contributed by atoms with Crippen LogP contribution in [-0.2, 0) is 19.1 Å². The first-order valence-electron chi connectivity index (χ1n) is 8.99. The highest BCUT2D eigenvalue weighted by Gasteiger charge is 2.60. The number of hydrogen-bond donors (Lipinski definition) is 0. The Morgan fingerprint density at radius 1 is 0.929 bits per heavy atom. The van der Waals surface area contributed by atoms with E-state index in [1.165, 1.54) is 0 Å². The highest BCUT2D eigenvalue weighted by atomic mass is 19.4. The number of carbonyl (C=O) groups is 2. The van der Waals surface area contributed by atoms with E-state index in [-0.39, 0.29) is 0 Å². The van der Waals surface area contributed by atoms with E-state index in [0.717, 1.165) is 19.3 Å². The monoisotopic (exact) mass is 414 g/mol. The average molecular weight is 414 g/mol. The fourth-order valence-corrected chi connectivity index (χ4v) is 5.23. The predicted molar refractivity (Wildman–Crippen MR) is 82.7 cm³/mol. The van der Waals surface area contributed by atoms with E-state index in [1.54, 1.807) is 0 Å². The van der Waals surface area contributed by atoms with Crippen LogP contribution < -0.4 is 0 Å². The highest BCUT2D eigenvalue weighted by molar-refractivity contribution is 5.89. The molecule has 4 rings (SSSR count). The van der Waals surface area contributed by atoms with Crippen LogP contribution in [0.2, 0.25) is 0 Å². The van der Waals surface area contributed by atoms with E-state index in [9.17, 15) is 35.9 Å².